The summed E-state index contributed by atoms with van der Waals surface area (Å²) >= 11 is 1.74. The second-order valence-corrected chi connectivity index (χ2v) is 5.75. The van der Waals surface area contributed by atoms with Gasteiger partial charge in [-0.25, -0.2) is 0 Å². The van der Waals surface area contributed by atoms with Crippen LogP contribution in [0.25, 0.3) is 0 Å². The Bertz CT molecular complexity index is 500. The van der Waals surface area contributed by atoms with Gasteiger partial charge in [0.05, 0.1) is 11.3 Å². The Morgan fingerprint density at radius 2 is 2.28 bits per heavy atom. The molecule has 94 valence electrons. The molecule has 0 aromatic heterocycles. The Labute approximate surface area is 113 Å². The van der Waals surface area contributed by atoms with Crippen molar-refractivity contribution in [1.29, 1.82) is 5.26 Å². The van der Waals surface area contributed by atoms with Crippen molar-refractivity contribution in [3.63, 3.8) is 0 Å². The predicted molar refractivity (Wildman–Crippen MR) is 78.1 cm³/mol. The SMILES string of the molecule is CCSc1cccc(N2CC=C(C)CC2)c1C#N. The van der Waals surface area contributed by atoms with Crippen LogP contribution in [0, 0.1) is 11.3 Å². The lowest BCUT2D eigenvalue weighted by atomic mass is 10.1. The van der Waals surface area contributed by atoms with Crippen molar-refractivity contribution >= 4 is 17.4 Å². The molecule has 0 bridgehead atoms. The quantitative estimate of drug-likeness (QED) is 0.609. The first-order valence-electron chi connectivity index (χ1n) is 6.32. The van der Waals surface area contributed by atoms with Crippen LogP contribution < -0.4 is 4.90 Å². The number of hydrogen-bond acceptors (Lipinski definition) is 3. The summed E-state index contributed by atoms with van der Waals surface area (Å²) in [4.78, 5) is 3.40. The van der Waals surface area contributed by atoms with Gasteiger partial charge >= 0.3 is 0 Å². The Kier molecular flexibility index (Phi) is 4.33. The maximum absolute atomic E-state index is 9.40. The fourth-order valence-corrected chi connectivity index (χ4v) is 2.94. The molecule has 2 nitrogen and oxygen atoms in total. The predicted octanol–water partition coefficient (Wildman–Crippen LogP) is 3.83. The van der Waals surface area contributed by atoms with E-state index in [-0.39, 0.29) is 0 Å². The molecule has 1 aliphatic heterocycles. The summed E-state index contributed by atoms with van der Waals surface area (Å²) in [6.45, 7) is 6.22. The van der Waals surface area contributed by atoms with Crippen LogP contribution in [0.5, 0.6) is 0 Å². The third-order valence-corrected chi connectivity index (χ3v) is 4.13. The minimum Gasteiger partial charge on any atom is -0.366 e. The largest absolute Gasteiger partial charge is 0.366 e. The zero-order valence-corrected chi connectivity index (χ0v) is 11.8. The first-order valence-corrected chi connectivity index (χ1v) is 7.31. The van der Waals surface area contributed by atoms with E-state index in [0.29, 0.717) is 0 Å². The van der Waals surface area contributed by atoms with Crippen LogP contribution in [0.3, 0.4) is 0 Å². The second-order valence-electron chi connectivity index (χ2n) is 4.44. The highest BCUT2D eigenvalue weighted by Crippen LogP contribution is 2.31. The normalized spacial score (nSPS) is 15.2. The molecule has 0 atom stereocenters. The fourth-order valence-electron chi connectivity index (χ4n) is 2.16. The molecule has 0 radical (unpaired) electrons. The zero-order valence-electron chi connectivity index (χ0n) is 10.9. The summed E-state index contributed by atoms with van der Waals surface area (Å²) in [5, 5.41) is 9.40. The van der Waals surface area contributed by atoms with Gasteiger partial charge in [0.2, 0.25) is 0 Å². The number of thioether (sulfide) groups is 1. The molecule has 1 aliphatic rings. The molecule has 0 saturated heterocycles. The minimum absolute atomic E-state index is 0.831. The van der Waals surface area contributed by atoms with Crippen LogP contribution in [0.15, 0.2) is 34.7 Å². The van der Waals surface area contributed by atoms with Crippen LogP contribution in [-0.2, 0) is 0 Å². The molecule has 1 heterocycles. The van der Waals surface area contributed by atoms with E-state index in [1.807, 2.05) is 6.07 Å². The van der Waals surface area contributed by atoms with Crippen molar-refractivity contribution in [3.05, 3.63) is 35.4 Å². The molecule has 3 heteroatoms. The van der Waals surface area contributed by atoms with E-state index < -0.39 is 0 Å². The molecule has 0 amide bonds. The Hall–Kier alpha value is -1.40. The molecule has 18 heavy (non-hydrogen) atoms. The number of nitriles is 1. The van der Waals surface area contributed by atoms with Crippen molar-refractivity contribution in [2.45, 2.75) is 25.2 Å². The molecule has 2 rings (SSSR count). The number of benzene rings is 1. The topological polar surface area (TPSA) is 27.0 Å². The molecule has 0 unspecified atom stereocenters. The summed E-state index contributed by atoms with van der Waals surface area (Å²) in [6, 6.07) is 8.53. The second kappa shape index (κ2) is 5.97. The van der Waals surface area contributed by atoms with Crippen molar-refractivity contribution in [2.24, 2.45) is 0 Å². The summed E-state index contributed by atoms with van der Waals surface area (Å²) in [6.07, 6.45) is 3.35. The van der Waals surface area contributed by atoms with E-state index in [1.165, 1.54) is 5.57 Å². The van der Waals surface area contributed by atoms with Gasteiger partial charge in [0.15, 0.2) is 0 Å². The highest BCUT2D eigenvalue weighted by molar-refractivity contribution is 7.99. The monoisotopic (exact) mass is 258 g/mol. The summed E-state index contributed by atoms with van der Waals surface area (Å²) in [5.41, 5.74) is 3.36. The highest BCUT2D eigenvalue weighted by Gasteiger charge is 2.16. The van der Waals surface area contributed by atoms with Crippen LogP contribution in [0.4, 0.5) is 5.69 Å². The van der Waals surface area contributed by atoms with Gasteiger partial charge in [-0.1, -0.05) is 24.6 Å². The van der Waals surface area contributed by atoms with Gasteiger partial charge < -0.3 is 4.90 Å². The van der Waals surface area contributed by atoms with Crippen molar-refractivity contribution in [2.75, 3.05) is 23.7 Å². The molecular weight excluding hydrogens is 240 g/mol. The third kappa shape index (κ3) is 2.70. The van der Waals surface area contributed by atoms with Crippen molar-refractivity contribution < 1.29 is 0 Å². The molecule has 1 aromatic carbocycles. The lowest BCUT2D eigenvalue weighted by Crippen LogP contribution is -2.28. The molecule has 1 aromatic rings. The van der Waals surface area contributed by atoms with Gasteiger partial charge in [-0.15, -0.1) is 11.8 Å². The average Bonchev–Trinajstić information content (AvgIpc) is 2.40. The molecular formula is C15H18N2S. The lowest BCUT2D eigenvalue weighted by Gasteiger charge is -2.28. The van der Waals surface area contributed by atoms with Crippen LogP contribution >= 0.6 is 11.8 Å². The van der Waals surface area contributed by atoms with E-state index in [0.717, 1.165) is 41.4 Å². The molecule has 0 saturated carbocycles. The maximum Gasteiger partial charge on any atom is 0.103 e. The van der Waals surface area contributed by atoms with Crippen molar-refractivity contribution in [3.8, 4) is 6.07 Å². The number of rotatable bonds is 3. The lowest BCUT2D eigenvalue weighted by molar-refractivity contribution is 0.785. The number of nitrogens with zero attached hydrogens (tertiary/aromatic N) is 2. The first-order chi connectivity index (χ1) is 8.76. The first kappa shape index (κ1) is 13.0. The Morgan fingerprint density at radius 1 is 1.44 bits per heavy atom. The minimum atomic E-state index is 0.831. The van der Waals surface area contributed by atoms with Gasteiger partial charge in [-0.05, 0) is 31.2 Å². The summed E-state index contributed by atoms with van der Waals surface area (Å²) in [5.74, 6) is 0.997. The van der Waals surface area contributed by atoms with E-state index in [4.69, 9.17) is 0 Å². The van der Waals surface area contributed by atoms with Gasteiger partial charge in [0, 0.05) is 18.0 Å². The molecule has 0 aliphatic carbocycles. The van der Waals surface area contributed by atoms with Gasteiger partial charge in [0.25, 0.3) is 0 Å². The number of hydrogen-bond donors (Lipinski definition) is 0. The summed E-state index contributed by atoms with van der Waals surface area (Å²) in [7, 11) is 0. The molecule has 0 N–H and O–H groups in total. The Balaban J connectivity index is 2.33. The maximum atomic E-state index is 9.40. The third-order valence-electron chi connectivity index (χ3n) is 3.19. The average molecular weight is 258 g/mol. The number of anilines is 1. The van der Waals surface area contributed by atoms with Crippen LogP contribution in [0.2, 0.25) is 0 Å². The highest BCUT2D eigenvalue weighted by atomic mass is 32.2. The van der Waals surface area contributed by atoms with E-state index in [9.17, 15) is 5.26 Å². The van der Waals surface area contributed by atoms with Gasteiger partial charge in [-0.3, -0.25) is 0 Å². The van der Waals surface area contributed by atoms with Gasteiger partial charge in [-0.2, -0.15) is 5.26 Å². The van der Waals surface area contributed by atoms with Crippen LogP contribution in [0.1, 0.15) is 25.8 Å². The van der Waals surface area contributed by atoms with E-state index in [2.05, 4.69) is 43.0 Å². The fraction of sp³-hybridized carbons (Fsp3) is 0.400. The van der Waals surface area contributed by atoms with E-state index in [1.54, 1.807) is 11.8 Å². The standard InChI is InChI=1S/C15H18N2S/c1-3-18-15-6-4-5-14(13(15)11-16)17-9-7-12(2)8-10-17/h4-7H,3,8-10H2,1-2H3. The smallest absolute Gasteiger partial charge is 0.103 e. The summed E-state index contributed by atoms with van der Waals surface area (Å²) < 4.78 is 0. The van der Waals surface area contributed by atoms with Crippen LogP contribution in [-0.4, -0.2) is 18.8 Å². The zero-order chi connectivity index (χ0) is 13.0. The van der Waals surface area contributed by atoms with Crippen molar-refractivity contribution in [1.82, 2.24) is 0 Å². The molecule has 0 spiro atoms. The van der Waals surface area contributed by atoms with Gasteiger partial charge in [0.1, 0.15) is 6.07 Å². The Morgan fingerprint density at radius 3 is 2.89 bits per heavy atom. The molecule has 0 fully saturated rings. The van der Waals surface area contributed by atoms with E-state index >= 15 is 0 Å².